The quantitative estimate of drug-likeness (QED) is 0.892. The molecule has 0 saturated carbocycles. The summed E-state index contributed by atoms with van der Waals surface area (Å²) in [6, 6.07) is 7.81. The Balaban J connectivity index is 2.40. The molecule has 2 rings (SSSR count). The number of nitrogens with zero attached hydrogens (tertiary/aromatic N) is 2. The molecule has 0 fully saturated rings. The van der Waals surface area contributed by atoms with Crippen LogP contribution in [0.2, 0.25) is 0 Å². The molecule has 4 heteroatoms. The van der Waals surface area contributed by atoms with Crippen molar-refractivity contribution in [1.29, 1.82) is 0 Å². The minimum atomic E-state index is 0.0158. The molecule has 0 bridgehead atoms. The maximum Gasteiger partial charge on any atom is 0.272 e. The Morgan fingerprint density at radius 3 is 2.84 bits per heavy atom. The highest BCUT2D eigenvalue weighted by Gasteiger charge is 2.10. The Hall–Kier alpha value is -1.68. The van der Waals surface area contributed by atoms with Crippen LogP contribution in [0.15, 0.2) is 29.1 Å². The first-order chi connectivity index (χ1) is 9.13. The predicted octanol–water partition coefficient (Wildman–Crippen LogP) is 1.95. The summed E-state index contributed by atoms with van der Waals surface area (Å²) in [7, 11) is 0. The summed E-state index contributed by atoms with van der Waals surface area (Å²) in [5.74, 6) is 0.405. The molecular weight excluding hydrogens is 238 g/mol. The number of nitrogens with one attached hydrogen (secondary N) is 1. The van der Waals surface area contributed by atoms with Gasteiger partial charge < -0.3 is 9.88 Å². The van der Waals surface area contributed by atoms with E-state index >= 15 is 0 Å². The third kappa shape index (κ3) is 3.01. The summed E-state index contributed by atoms with van der Waals surface area (Å²) < 4.78 is 1.85. The van der Waals surface area contributed by atoms with E-state index < -0.39 is 0 Å². The molecular formula is C15H21N3O. The van der Waals surface area contributed by atoms with E-state index in [2.05, 4.69) is 24.1 Å². The minimum absolute atomic E-state index is 0.0158. The Bertz CT molecular complexity index is 618. The van der Waals surface area contributed by atoms with E-state index in [1.54, 1.807) is 6.92 Å². The number of para-hydroxylation sites is 2. The van der Waals surface area contributed by atoms with Crippen LogP contribution in [-0.2, 0) is 6.54 Å². The van der Waals surface area contributed by atoms with Gasteiger partial charge in [-0.1, -0.05) is 26.0 Å². The third-order valence-corrected chi connectivity index (χ3v) is 3.25. The molecule has 2 aromatic rings. The topological polar surface area (TPSA) is 46.9 Å². The van der Waals surface area contributed by atoms with Crippen LogP contribution in [0.1, 0.15) is 19.5 Å². The van der Waals surface area contributed by atoms with E-state index in [0.29, 0.717) is 11.6 Å². The Morgan fingerprint density at radius 1 is 1.37 bits per heavy atom. The van der Waals surface area contributed by atoms with Gasteiger partial charge in [-0.2, -0.15) is 0 Å². The van der Waals surface area contributed by atoms with Crippen molar-refractivity contribution in [2.45, 2.75) is 27.3 Å². The molecule has 1 unspecified atom stereocenters. The van der Waals surface area contributed by atoms with Crippen molar-refractivity contribution in [2.24, 2.45) is 5.92 Å². The smallest absolute Gasteiger partial charge is 0.272 e. The van der Waals surface area contributed by atoms with Gasteiger partial charge >= 0.3 is 0 Å². The summed E-state index contributed by atoms with van der Waals surface area (Å²) in [5, 5.41) is 3.32. The van der Waals surface area contributed by atoms with Gasteiger partial charge in [0.15, 0.2) is 0 Å². The van der Waals surface area contributed by atoms with Crippen molar-refractivity contribution in [3.8, 4) is 0 Å². The number of aryl methyl sites for hydroxylation is 1. The van der Waals surface area contributed by atoms with Crippen LogP contribution in [0.25, 0.3) is 11.0 Å². The summed E-state index contributed by atoms with van der Waals surface area (Å²) in [5.41, 5.74) is 2.38. The first kappa shape index (κ1) is 13.7. The molecule has 0 spiro atoms. The molecule has 1 N–H and O–H groups in total. The van der Waals surface area contributed by atoms with Crippen LogP contribution in [0.5, 0.6) is 0 Å². The SMILES string of the molecule is CCNCC(C)Cn1c(=O)c(C)nc2ccccc21. The second-order valence-corrected chi connectivity index (χ2v) is 5.01. The van der Waals surface area contributed by atoms with Gasteiger partial charge in [0.2, 0.25) is 0 Å². The summed E-state index contributed by atoms with van der Waals surface area (Å²) in [4.78, 5) is 16.6. The molecule has 0 aliphatic carbocycles. The average molecular weight is 259 g/mol. The molecule has 4 nitrogen and oxygen atoms in total. The zero-order valence-electron chi connectivity index (χ0n) is 11.8. The highest BCUT2D eigenvalue weighted by molar-refractivity contribution is 5.74. The molecule has 19 heavy (non-hydrogen) atoms. The number of hydrogen-bond donors (Lipinski definition) is 1. The van der Waals surface area contributed by atoms with Crippen LogP contribution in [0.4, 0.5) is 0 Å². The van der Waals surface area contributed by atoms with Crippen LogP contribution in [-0.4, -0.2) is 22.6 Å². The van der Waals surface area contributed by atoms with Crippen molar-refractivity contribution in [3.05, 3.63) is 40.3 Å². The van der Waals surface area contributed by atoms with Crippen molar-refractivity contribution in [1.82, 2.24) is 14.9 Å². The lowest BCUT2D eigenvalue weighted by Crippen LogP contribution is -2.30. The maximum atomic E-state index is 12.3. The molecule has 1 heterocycles. The fourth-order valence-corrected chi connectivity index (χ4v) is 2.27. The zero-order valence-corrected chi connectivity index (χ0v) is 11.8. The van der Waals surface area contributed by atoms with Gasteiger partial charge in [-0.05, 0) is 38.1 Å². The van der Waals surface area contributed by atoms with Crippen LogP contribution in [0.3, 0.4) is 0 Å². The number of aromatic nitrogens is 2. The first-order valence-corrected chi connectivity index (χ1v) is 6.80. The minimum Gasteiger partial charge on any atom is -0.317 e. The third-order valence-electron chi connectivity index (χ3n) is 3.25. The van der Waals surface area contributed by atoms with Crippen LogP contribution < -0.4 is 10.9 Å². The molecule has 1 atom stereocenters. The average Bonchev–Trinajstić information content (AvgIpc) is 2.41. The van der Waals surface area contributed by atoms with Crippen molar-refractivity contribution < 1.29 is 0 Å². The summed E-state index contributed by atoms with van der Waals surface area (Å²) >= 11 is 0. The number of fused-ring (bicyclic) bond motifs is 1. The molecule has 0 amide bonds. The van der Waals surface area contributed by atoms with Gasteiger partial charge in [0.25, 0.3) is 5.56 Å². The van der Waals surface area contributed by atoms with E-state index in [1.165, 1.54) is 0 Å². The second kappa shape index (κ2) is 5.97. The highest BCUT2D eigenvalue weighted by atomic mass is 16.1. The van der Waals surface area contributed by atoms with E-state index in [-0.39, 0.29) is 5.56 Å². The molecule has 0 radical (unpaired) electrons. The van der Waals surface area contributed by atoms with Crippen LogP contribution in [0, 0.1) is 12.8 Å². The van der Waals surface area contributed by atoms with Crippen molar-refractivity contribution in [2.75, 3.05) is 13.1 Å². The van der Waals surface area contributed by atoms with E-state index in [4.69, 9.17) is 0 Å². The number of rotatable bonds is 5. The summed E-state index contributed by atoms with van der Waals surface area (Å²) in [6.07, 6.45) is 0. The number of benzene rings is 1. The fourth-order valence-electron chi connectivity index (χ4n) is 2.27. The molecule has 102 valence electrons. The molecule has 1 aromatic carbocycles. The first-order valence-electron chi connectivity index (χ1n) is 6.80. The molecule has 0 aliphatic rings. The van der Waals surface area contributed by atoms with E-state index in [1.807, 2.05) is 28.8 Å². The Kier molecular flexibility index (Phi) is 4.32. The standard InChI is InChI=1S/C15H21N3O/c1-4-16-9-11(2)10-18-14-8-6-5-7-13(14)17-12(3)15(18)19/h5-8,11,16H,4,9-10H2,1-3H3. The zero-order chi connectivity index (χ0) is 13.8. The predicted molar refractivity (Wildman–Crippen MR) is 78.4 cm³/mol. The van der Waals surface area contributed by atoms with Crippen molar-refractivity contribution >= 4 is 11.0 Å². The summed E-state index contributed by atoms with van der Waals surface area (Å²) in [6.45, 7) is 8.61. The number of hydrogen-bond acceptors (Lipinski definition) is 3. The van der Waals surface area contributed by atoms with Crippen molar-refractivity contribution in [3.63, 3.8) is 0 Å². The highest BCUT2D eigenvalue weighted by Crippen LogP contribution is 2.11. The lowest BCUT2D eigenvalue weighted by atomic mass is 10.1. The molecule has 0 saturated heterocycles. The fraction of sp³-hybridized carbons (Fsp3) is 0.467. The van der Waals surface area contributed by atoms with Gasteiger partial charge in [0.05, 0.1) is 11.0 Å². The van der Waals surface area contributed by atoms with Gasteiger partial charge in [-0.25, -0.2) is 4.98 Å². The van der Waals surface area contributed by atoms with Gasteiger partial charge in [-0.15, -0.1) is 0 Å². The van der Waals surface area contributed by atoms with Crippen LogP contribution >= 0.6 is 0 Å². The van der Waals surface area contributed by atoms with E-state index in [0.717, 1.165) is 30.7 Å². The van der Waals surface area contributed by atoms with Gasteiger partial charge in [0, 0.05) is 6.54 Å². The second-order valence-electron chi connectivity index (χ2n) is 5.01. The molecule has 0 aliphatic heterocycles. The van der Waals surface area contributed by atoms with Gasteiger partial charge in [0.1, 0.15) is 5.69 Å². The monoisotopic (exact) mass is 259 g/mol. The molecule has 1 aromatic heterocycles. The lowest BCUT2D eigenvalue weighted by molar-refractivity contribution is 0.450. The maximum absolute atomic E-state index is 12.3. The Morgan fingerprint density at radius 2 is 2.11 bits per heavy atom. The Labute approximate surface area is 113 Å². The normalized spacial score (nSPS) is 12.8. The van der Waals surface area contributed by atoms with E-state index in [9.17, 15) is 4.79 Å². The van der Waals surface area contributed by atoms with Gasteiger partial charge in [-0.3, -0.25) is 4.79 Å². The lowest BCUT2D eigenvalue weighted by Gasteiger charge is -2.16. The largest absolute Gasteiger partial charge is 0.317 e.